The Bertz CT molecular complexity index is 542. The topological polar surface area (TPSA) is 93.4 Å². The molecule has 2 heterocycles. The van der Waals surface area contributed by atoms with Gasteiger partial charge in [0.2, 0.25) is 0 Å². The van der Waals surface area contributed by atoms with E-state index in [-0.39, 0.29) is 19.1 Å². The summed E-state index contributed by atoms with van der Waals surface area (Å²) in [6.07, 6.45) is 1.43. The van der Waals surface area contributed by atoms with Crippen molar-refractivity contribution in [3.05, 3.63) is 22.7 Å². The van der Waals surface area contributed by atoms with Crippen LogP contribution in [0.2, 0.25) is 0 Å². The molecule has 0 saturated heterocycles. The van der Waals surface area contributed by atoms with Crippen LogP contribution in [0, 0.1) is 0 Å². The molecule has 0 aliphatic rings. The van der Waals surface area contributed by atoms with Crippen LogP contribution in [0.3, 0.4) is 0 Å². The van der Waals surface area contributed by atoms with Crippen molar-refractivity contribution in [2.75, 3.05) is 33.4 Å². The lowest BCUT2D eigenvalue weighted by atomic mass is 10.3. The molecule has 8 nitrogen and oxygen atoms in total. The van der Waals surface area contributed by atoms with Crippen molar-refractivity contribution in [1.29, 1.82) is 0 Å². The van der Waals surface area contributed by atoms with E-state index in [4.69, 9.17) is 9.84 Å². The average Bonchev–Trinajstić information content (AvgIpc) is 3.11. The van der Waals surface area contributed by atoms with Crippen molar-refractivity contribution in [2.45, 2.75) is 0 Å². The molecular formula is C11H15N5O3S. The molecule has 0 aromatic carbocycles. The number of carbonyl (C=O) groups excluding carboxylic acids is 1. The van der Waals surface area contributed by atoms with Gasteiger partial charge in [0, 0.05) is 20.2 Å². The number of carbonyl (C=O) groups is 1. The summed E-state index contributed by atoms with van der Waals surface area (Å²) in [5.74, 6) is -0.170. The van der Waals surface area contributed by atoms with Crippen molar-refractivity contribution in [3.8, 4) is 5.69 Å². The van der Waals surface area contributed by atoms with Gasteiger partial charge in [0.15, 0.2) is 0 Å². The molecule has 0 saturated carbocycles. The number of hydrogen-bond donors (Lipinski definition) is 1. The second-order valence-corrected chi connectivity index (χ2v) is 4.81. The molecule has 0 radical (unpaired) electrons. The minimum Gasteiger partial charge on any atom is -0.395 e. The van der Waals surface area contributed by atoms with Crippen LogP contribution in [-0.2, 0) is 4.74 Å². The van der Waals surface area contributed by atoms with Crippen LogP contribution in [0.15, 0.2) is 17.8 Å². The van der Waals surface area contributed by atoms with Gasteiger partial charge in [0.1, 0.15) is 11.2 Å². The quantitative estimate of drug-likeness (QED) is 0.761. The number of ether oxygens (including phenoxy) is 1. The summed E-state index contributed by atoms with van der Waals surface area (Å²) in [6.45, 7) is 0.996. The van der Waals surface area contributed by atoms with Gasteiger partial charge >= 0.3 is 0 Å². The number of rotatable bonds is 7. The Balaban J connectivity index is 2.21. The average molecular weight is 297 g/mol. The van der Waals surface area contributed by atoms with Crippen LogP contribution in [0.4, 0.5) is 0 Å². The van der Waals surface area contributed by atoms with Crippen LogP contribution < -0.4 is 0 Å². The van der Waals surface area contributed by atoms with Gasteiger partial charge in [-0.15, -0.1) is 16.4 Å². The molecule has 0 atom stereocenters. The third kappa shape index (κ3) is 3.18. The summed E-state index contributed by atoms with van der Waals surface area (Å²) in [7, 11) is 1.57. The number of tetrazole rings is 1. The van der Waals surface area contributed by atoms with Crippen molar-refractivity contribution in [1.82, 2.24) is 25.1 Å². The van der Waals surface area contributed by atoms with E-state index >= 15 is 0 Å². The van der Waals surface area contributed by atoms with Crippen molar-refractivity contribution in [2.24, 2.45) is 0 Å². The summed E-state index contributed by atoms with van der Waals surface area (Å²) in [6, 6.07) is 1.78. The molecule has 0 fully saturated rings. The van der Waals surface area contributed by atoms with Gasteiger partial charge in [-0.05, 0) is 21.9 Å². The highest BCUT2D eigenvalue weighted by Crippen LogP contribution is 2.21. The maximum Gasteiger partial charge on any atom is 0.266 e. The molecule has 0 aliphatic carbocycles. The molecule has 0 spiro atoms. The van der Waals surface area contributed by atoms with Crippen molar-refractivity contribution in [3.63, 3.8) is 0 Å². The Morgan fingerprint density at radius 3 is 3.05 bits per heavy atom. The Morgan fingerprint density at radius 1 is 1.55 bits per heavy atom. The number of nitrogens with zero attached hydrogens (tertiary/aromatic N) is 5. The molecule has 2 aromatic heterocycles. The summed E-state index contributed by atoms with van der Waals surface area (Å²) >= 11 is 1.31. The number of aliphatic hydroxyl groups is 1. The zero-order valence-electron chi connectivity index (χ0n) is 11.0. The molecule has 0 unspecified atom stereocenters. The van der Waals surface area contributed by atoms with E-state index in [1.165, 1.54) is 22.3 Å². The summed E-state index contributed by atoms with van der Waals surface area (Å²) in [5, 5.41) is 21.8. The first-order valence-corrected chi connectivity index (χ1v) is 6.85. The van der Waals surface area contributed by atoms with E-state index in [0.717, 1.165) is 0 Å². The zero-order valence-corrected chi connectivity index (χ0v) is 11.8. The first-order chi connectivity index (χ1) is 9.77. The third-order valence-electron chi connectivity index (χ3n) is 2.66. The van der Waals surface area contributed by atoms with Gasteiger partial charge in [0.25, 0.3) is 5.91 Å². The molecule has 108 valence electrons. The van der Waals surface area contributed by atoms with Crippen LogP contribution in [0.25, 0.3) is 5.69 Å². The first kappa shape index (κ1) is 14.6. The summed E-state index contributed by atoms with van der Waals surface area (Å²) in [5.41, 5.74) is 0.630. The molecule has 9 heteroatoms. The minimum atomic E-state index is -0.170. The van der Waals surface area contributed by atoms with E-state index in [0.29, 0.717) is 23.7 Å². The molecule has 20 heavy (non-hydrogen) atoms. The van der Waals surface area contributed by atoms with Crippen LogP contribution >= 0.6 is 11.3 Å². The standard InChI is InChI=1S/C11H15N5O3S/c1-19-6-4-15(3-5-17)11(18)10-9(2-7-20-10)16-8-12-13-14-16/h2,7-8,17H,3-6H2,1H3. The molecule has 0 aliphatic heterocycles. The molecular weight excluding hydrogens is 282 g/mol. The lowest BCUT2D eigenvalue weighted by molar-refractivity contribution is 0.0661. The summed E-state index contributed by atoms with van der Waals surface area (Å²) in [4.78, 5) is 14.6. The molecule has 1 amide bonds. The SMILES string of the molecule is COCCN(CCO)C(=O)c1sccc1-n1cnnn1. The Morgan fingerprint density at radius 2 is 2.40 bits per heavy atom. The highest BCUT2D eigenvalue weighted by atomic mass is 32.1. The lowest BCUT2D eigenvalue weighted by Gasteiger charge is -2.21. The highest BCUT2D eigenvalue weighted by molar-refractivity contribution is 7.12. The van der Waals surface area contributed by atoms with E-state index in [1.54, 1.807) is 23.5 Å². The number of amides is 1. The normalized spacial score (nSPS) is 10.7. The highest BCUT2D eigenvalue weighted by Gasteiger charge is 2.21. The predicted octanol–water partition coefficient (Wildman–Crippen LogP) is -0.195. The molecule has 0 bridgehead atoms. The predicted molar refractivity (Wildman–Crippen MR) is 71.9 cm³/mol. The van der Waals surface area contributed by atoms with Crippen LogP contribution in [0.1, 0.15) is 9.67 Å². The molecule has 2 aromatic rings. The number of aromatic nitrogens is 4. The van der Waals surface area contributed by atoms with Crippen molar-refractivity contribution >= 4 is 17.2 Å². The lowest BCUT2D eigenvalue weighted by Crippen LogP contribution is -2.36. The van der Waals surface area contributed by atoms with E-state index in [2.05, 4.69) is 15.5 Å². The van der Waals surface area contributed by atoms with Crippen molar-refractivity contribution < 1.29 is 14.6 Å². The van der Waals surface area contributed by atoms with E-state index < -0.39 is 0 Å². The Hall–Kier alpha value is -1.84. The maximum atomic E-state index is 12.5. The van der Waals surface area contributed by atoms with Gasteiger partial charge in [0.05, 0.1) is 18.9 Å². The fourth-order valence-electron chi connectivity index (χ4n) is 1.70. The fourth-order valence-corrected chi connectivity index (χ4v) is 2.54. The maximum absolute atomic E-state index is 12.5. The van der Waals surface area contributed by atoms with Crippen LogP contribution in [-0.4, -0.2) is 69.5 Å². The monoisotopic (exact) mass is 297 g/mol. The zero-order chi connectivity index (χ0) is 14.4. The third-order valence-corrected chi connectivity index (χ3v) is 3.55. The fraction of sp³-hybridized carbons (Fsp3) is 0.455. The number of hydrogen-bond acceptors (Lipinski definition) is 7. The minimum absolute atomic E-state index is 0.0962. The Labute approximate surface area is 119 Å². The van der Waals surface area contributed by atoms with Gasteiger partial charge in [-0.2, -0.15) is 4.68 Å². The number of methoxy groups -OCH3 is 1. The second-order valence-electron chi connectivity index (χ2n) is 3.90. The largest absolute Gasteiger partial charge is 0.395 e. The molecule has 2 rings (SSSR count). The molecule has 1 N–H and O–H groups in total. The number of aliphatic hydroxyl groups excluding tert-OH is 1. The van der Waals surface area contributed by atoms with Gasteiger partial charge in [-0.3, -0.25) is 4.79 Å². The van der Waals surface area contributed by atoms with E-state index in [9.17, 15) is 4.79 Å². The van der Waals surface area contributed by atoms with E-state index in [1.807, 2.05) is 0 Å². The van der Waals surface area contributed by atoms with Gasteiger partial charge < -0.3 is 14.7 Å². The summed E-state index contributed by atoms with van der Waals surface area (Å²) < 4.78 is 6.42. The Kier molecular flexibility index (Phi) is 5.16. The first-order valence-electron chi connectivity index (χ1n) is 5.98. The number of thiophene rings is 1. The second kappa shape index (κ2) is 7.08. The van der Waals surface area contributed by atoms with Gasteiger partial charge in [-0.1, -0.05) is 0 Å². The van der Waals surface area contributed by atoms with Crippen LogP contribution in [0.5, 0.6) is 0 Å². The smallest absolute Gasteiger partial charge is 0.266 e. The van der Waals surface area contributed by atoms with Gasteiger partial charge in [-0.25, -0.2) is 0 Å².